The highest BCUT2D eigenvalue weighted by molar-refractivity contribution is 6.74. The maximum absolute atomic E-state index is 9.69. The Morgan fingerprint density at radius 1 is 1.35 bits per heavy atom. The van der Waals surface area contributed by atoms with Crippen LogP contribution in [0.15, 0.2) is 11.6 Å². The van der Waals surface area contributed by atoms with Gasteiger partial charge in [0.1, 0.15) is 0 Å². The molecule has 0 aliphatic heterocycles. The average Bonchev–Trinajstić information content (AvgIpc) is 2.44. The summed E-state index contributed by atoms with van der Waals surface area (Å²) in [6.45, 7) is 16.7. The molecule has 1 fully saturated rings. The van der Waals surface area contributed by atoms with E-state index in [1.807, 2.05) is 0 Å². The van der Waals surface area contributed by atoms with Crippen LogP contribution in [0.4, 0.5) is 0 Å². The van der Waals surface area contributed by atoms with Gasteiger partial charge in [0.25, 0.3) is 0 Å². The van der Waals surface area contributed by atoms with Gasteiger partial charge in [-0.3, -0.25) is 0 Å². The zero-order valence-electron chi connectivity index (χ0n) is 16.4. The second-order valence-electron chi connectivity index (χ2n) is 9.65. The van der Waals surface area contributed by atoms with Gasteiger partial charge in [0.2, 0.25) is 0 Å². The summed E-state index contributed by atoms with van der Waals surface area (Å²) >= 11 is 0. The Hall–Kier alpha value is -0.123. The van der Waals surface area contributed by atoms with Crippen molar-refractivity contribution in [2.24, 2.45) is 17.3 Å². The van der Waals surface area contributed by atoms with E-state index in [1.165, 1.54) is 31.3 Å². The van der Waals surface area contributed by atoms with E-state index in [4.69, 9.17) is 4.43 Å². The highest BCUT2D eigenvalue weighted by Gasteiger charge is 2.49. The number of aliphatic hydroxyl groups excluding tert-OH is 1. The first kappa shape index (κ1) is 19.2. The fourth-order valence-electron chi connectivity index (χ4n) is 4.54. The third-order valence-corrected chi connectivity index (χ3v) is 11.5. The summed E-state index contributed by atoms with van der Waals surface area (Å²) in [5, 5.41) is 9.96. The van der Waals surface area contributed by atoms with Crippen molar-refractivity contribution in [1.29, 1.82) is 0 Å². The number of aliphatic hydroxyl groups is 1. The van der Waals surface area contributed by atoms with E-state index in [-0.39, 0.29) is 23.0 Å². The van der Waals surface area contributed by atoms with Crippen molar-refractivity contribution in [2.45, 2.75) is 91.0 Å². The fourth-order valence-corrected chi connectivity index (χ4v) is 5.93. The van der Waals surface area contributed by atoms with Gasteiger partial charge in [-0.2, -0.15) is 0 Å². The van der Waals surface area contributed by atoms with Crippen LogP contribution in [-0.4, -0.2) is 26.1 Å². The minimum atomic E-state index is -1.73. The van der Waals surface area contributed by atoms with Gasteiger partial charge in [0, 0.05) is 18.6 Å². The van der Waals surface area contributed by atoms with Crippen molar-refractivity contribution in [1.82, 2.24) is 0 Å². The minimum absolute atomic E-state index is 0.228. The van der Waals surface area contributed by atoms with E-state index in [2.05, 4.69) is 53.8 Å². The topological polar surface area (TPSA) is 29.5 Å². The molecule has 0 bridgehead atoms. The second-order valence-corrected chi connectivity index (χ2v) is 14.4. The molecule has 2 nitrogen and oxygen atoms in total. The lowest BCUT2D eigenvalue weighted by Gasteiger charge is -2.53. The van der Waals surface area contributed by atoms with Gasteiger partial charge < -0.3 is 9.53 Å². The molecule has 2 rings (SSSR count). The number of allylic oxidation sites excluding steroid dienone is 1. The van der Waals surface area contributed by atoms with Crippen LogP contribution in [0, 0.1) is 17.3 Å². The predicted octanol–water partition coefficient (Wildman–Crippen LogP) is 5.53. The molecule has 2 aliphatic carbocycles. The molecule has 0 heterocycles. The molecule has 0 aromatic rings. The quantitative estimate of drug-likeness (QED) is 0.539. The van der Waals surface area contributed by atoms with Crippen LogP contribution in [0.25, 0.3) is 0 Å². The van der Waals surface area contributed by atoms with E-state index >= 15 is 0 Å². The zero-order valence-corrected chi connectivity index (χ0v) is 17.4. The molecule has 0 aromatic carbocycles. The van der Waals surface area contributed by atoms with Gasteiger partial charge in [0.05, 0.1) is 0 Å². The third kappa shape index (κ3) is 3.62. The van der Waals surface area contributed by atoms with E-state index in [0.29, 0.717) is 12.0 Å². The maximum Gasteiger partial charge on any atom is 0.192 e. The van der Waals surface area contributed by atoms with Crippen molar-refractivity contribution in [3.8, 4) is 0 Å². The minimum Gasteiger partial charge on any atom is -0.414 e. The van der Waals surface area contributed by atoms with Crippen LogP contribution in [0.2, 0.25) is 18.1 Å². The predicted molar refractivity (Wildman–Crippen MR) is 101 cm³/mol. The average molecular weight is 339 g/mol. The number of hydrogen-bond acceptors (Lipinski definition) is 2. The van der Waals surface area contributed by atoms with E-state index in [9.17, 15) is 5.11 Å². The molecule has 0 amide bonds. The summed E-state index contributed by atoms with van der Waals surface area (Å²) in [5.41, 5.74) is 1.73. The monoisotopic (exact) mass is 338 g/mol. The Bertz CT molecular complexity index is 449. The van der Waals surface area contributed by atoms with Crippen LogP contribution >= 0.6 is 0 Å². The lowest BCUT2D eigenvalue weighted by Crippen LogP contribution is -2.51. The zero-order chi connectivity index (χ0) is 17.5. The first-order valence-electron chi connectivity index (χ1n) is 9.52. The van der Waals surface area contributed by atoms with Gasteiger partial charge >= 0.3 is 0 Å². The van der Waals surface area contributed by atoms with Crippen LogP contribution < -0.4 is 0 Å². The molecule has 0 aromatic heterocycles. The Kier molecular flexibility index (Phi) is 5.55. The van der Waals surface area contributed by atoms with Crippen LogP contribution in [-0.2, 0) is 4.43 Å². The van der Waals surface area contributed by atoms with Crippen LogP contribution in [0.5, 0.6) is 0 Å². The van der Waals surface area contributed by atoms with Crippen molar-refractivity contribution in [3.05, 3.63) is 11.6 Å². The molecule has 0 radical (unpaired) electrons. The molecule has 0 spiro atoms. The first-order chi connectivity index (χ1) is 10.5. The van der Waals surface area contributed by atoms with E-state index < -0.39 is 8.32 Å². The second kappa shape index (κ2) is 6.65. The lowest BCUT2D eigenvalue weighted by molar-refractivity contribution is -0.00699. The largest absolute Gasteiger partial charge is 0.414 e. The van der Waals surface area contributed by atoms with Gasteiger partial charge in [-0.15, -0.1) is 0 Å². The molecular weight excluding hydrogens is 300 g/mol. The van der Waals surface area contributed by atoms with Crippen LogP contribution in [0.3, 0.4) is 0 Å². The number of fused-ring (bicyclic) bond motifs is 1. The summed E-state index contributed by atoms with van der Waals surface area (Å²) in [6.07, 6.45) is 8.95. The molecule has 134 valence electrons. The number of rotatable bonds is 4. The summed E-state index contributed by atoms with van der Waals surface area (Å²) in [7, 11) is -1.73. The molecular formula is C20H38O2Si. The van der Waals surface area contributed by atoms with Gasteiger partial charge in [0.15, 0.2) is 8.32 Å². The standard InChI is InChI=1S/C20H38O2Si/c1-15(14-21)16-10-8-11-17-18(12-9-13-20(16,17)5)22-23(6,7)19(2,3)4/h10,15,17-18,21H,8-9,11-14H2,1-7H3/t15-,17+,18+,20-/m1/s1. The summed E-state index contributed by atoms with van der Waals surface area (Å²) in [5.74, 6) is 0.911. The fraction of sp³-hybridized carbons (Fsp3) is 0.900. The number of hydrogen-bond donors (Lipinski definition) is 1. The first-order valence-corrected chi connectivity index (χ1v) is 12.4. The van der Waals surface area contributed by atoms with Gasteiger partial charge in [-0.05, 0) is 55.1 Å². The smallest absolute Gasteiger partial charge is 0.192 e. The Morgan fingerprint density at radius 2 is 2.00 bits per heavy atom. The summed E-state index contributed by atoms with van der Waals surface area (Å²) in [4.78, 5) is 0. The summed E-state index contributed by atoms with van der Waals surface area (Å²) < 4.78 is 6.89. The van der Waals surface area contributed by atoms with Gasteiger partial charge in [-0.25, -0.2) is 0 Å². The lowest BCUT2D eigenvalue weighted by atomic mass is 9.56. The van der Waals surface area contributed by atoms with Crippen molar-refractivity contribution < 1.29 is 9.53 Å². The van der Waals surface area contributed by atoms with Crippen LogP contribution in [0.1, 0.15) is 66.7 Å². The normalized spacial score (nSPS) is 33.8. The SMILES string of the molecule is C[C@H](CO)C1=CCC[C@H]2[C@@H](O[Si](C)(C)C(C)(C)C)CCC[C@]12C. The Labute approximate surface area is 144 Å². The van der Waals surface area contributed by atoms with Crippen molar-refractivity contribution in [3.63, 3.8) is 0 Å². The molecule has 2 aliphatic rings. The Morgan fingerprint density at radius 3 is 2.57 bits per heavy atom. The highest BCUT2D eigenvalue weighted by Crippen LogP contribution is 2.55. The molecule has 1 N–H and O–H groups in total. The molecule has 3 heteroatoms. The van der Waals surface area contributed by atoms with Gasteiger partial charge in [-0.1, -0.05) is 52.7 Å². The summed E-state index contributed by atoms with van der Waals surface area (Å²) in [6, 6.07) is 0. The molecule has 0 unspecified atom stereocenters. The molecule has 4 atom stereocenters. The Balaban J connectivity index is 2.25. The molecule has 0 saturated heterocycles. The van der Waals surface area contributed by atoms with E-state index in [0.717, 1.165) is 6.42 Å². The molecule has 1 saturated carbocycles. The molecule has 23 heavy (non-hydrogen) atoms. The van der Waals surface area contributed by atoms with Crippen molar-refractivity contribution in [2.75, 3.05) is 6.61 Å². The third-order valence-electron chi connectivity index (χ3n) is 7.01. The highest BCUT2D eigenvalue weighted by atomic mass is 28.4. The maximum atomic E-state index is 9.69. The van der Waals surface area contributed by atoms with Crippen molar-refractivity contribution >= 4 is 8.32 Å². The van der Waals surface area contributed by atoms with E-state index in [1.54, 1.807) is 0 Å².